The van der Waals surface area contributed by atoms with Crippen molar-refractivity contribution < 1.29 is 19.8 Å². The van der Waals surface area contributed by atoms with Gasteiger partial charge in [-0.05, 0) is 67.1 Å². The highest BCUT2D eigenvalue weighted by molar-refractivity contribution is 5.81. The van der Waals surface area contributed by atoms with Crippen molar-refractivity contribution in [2.24, 2.45) is 11.8 Å². The van der Waals surface area contributed by atoms with Crippen LogP contribution in [0, 0.1) is 11.8 Å². The molecule has 0 heterocycles. The number of carboxylic acids is 2. The molecule has 0 amide bonds. The molecule has 158 valence electrons. The Morgan fingerprint density at radius 3 is 1.86 bits per heavy atom. The highest BCUT2D eigenvalue weighted by atomic mass is 16.4. The van der Waals surface area contributed by atoms with Crippen LogP contribution in [0.5, 0.6) is 0 Å². The minimum Gasteiger partial charge on any atom is -0.481 e. The first-order chi connectivity index (χ1) is 13.2. The monoisotopic (exact) mass is 390 g/mol. The Balaban J connectivity index is 3.47. The smallest absolute Gasteiger partial charge is 0.310 e. The van der Waals surface area contributed by atoms with Crippen LogP contribution in [0.25, 0.3) is 0 Å². The average Bonchev–Trinajstić information content (AvgIpc) is 2.60. The van der Waals surface area contributed by atoms with Gasteiger partial charge in [-0.1, -0.05) is 59.2 Å². The van der Waals surface area contributed by atoms with Gasteiger partial charge in [0.25, 0.3) is 0 Å². The summed E-state index contributed by atoms with van der Waals surface area (Å²) in [5.74, 6) is -2.19. The maximum absolute atomic E-state index is 12.2. The summed E-state index contributed by atoms with van der Waals surface area (Å²) in [5.41, 5.74) is 2.48. The van der Waals surface area contributed by atoms with E-state index in [2.05, 4.69) is 34.6 Å². The molecule has 0 radical (unpaired) electrons. The van der Waals surface area contributed by atoms with Gasteiger partial charge in [-0.15, -0.1) is 0 Å². The van der Waals surface area contributed by atoms with E-state index >= 15 is 0 Å². The van der Waals surface area contributed by atoms with E-state index in [1.165, 1.54) is 0 Å². The minimum absolute atomic E-state index is 0.407. The highest BCUT2D eigenvalue weighted by Crippen LogP contribution is 2.36. The zero-order chi connectivity index (χ0) is 21.3. The molecule has 1 aromatic carbocycles. The number of carbonyl (C=O) groups is 2. The molecule has 0 saturated heterocycles. The number of hydrogen-bond acceptors (Lipinski definition) is 2. The second-order valence-corrected chi connectivity index (χ2v) is 8.75. The highest BCUT2D eigenvalue weighted by Gasteiger charge is 2.31. The number of rotatable bonds is 13. The lowest BCUT2D eigenvalue weighted by Gasteiger charge is -2.25. The van der Waals surface area contributed by atoms with Crippen LogP contribution in [0.2, 0.25) is 0 Å². The van der Waals surface area contributed by atoms with Crippen molar-refractivity contribution in [2.45, 2.75) is 91.4 Å². The van der Waals surface area contributed by atoms with Crippen molar-refractivity contribution in [1.29, 1.82) is 0 Å². The normalized spacial score (nSPS) is 13.7. The average molecular weight is 391 g/mol. The third kappa shape index (κ3) is 7.29. The number of benzene rings is 1. The quantitative estimate of drug-likeness (QED) is 0.418. The molecular formula is C24H38O4. The molecule has 2 atom stereocenters. The van der Waals surface area contributed by atoms with Crippen molar-refractivity contribution in [3.8, 4) is 0 Å². The molecule has 0 spiro atoms. The Hall–Kier alpha value is -1.84. The second-order valence-electron chi connectivity index (χ2n) is 8.75. The van der Waals surface area contributed by atoms with Crippen LogP contribution in [0.4, 0.5) is 0 Å². The summed E-state index contributed by atoms with van der Waals surface area (Å²) >= 11 is 0. The number of aliphatic carboxylic acids is 2. The van der Waals surface area contributed by atoms with E-state index in [4.69, 9.17) is 0 Å². The number of unbranched alkanes of at least 4 members (excludes halogenated alkanes) is 1. The van der Waals surface area contributed by atoms with E-state index in [-0.39, 0.29) is 0 Å². The summed E-state index contributed by atoms with van der Waals surface area (Å²) in [5, 5.41) is 19.9. The number of hydrogen-bond donors (Lipinski definition) is 2. The SMILES string of the molecule is CCCCc1cccc(C(CCC(C)C)C(=O)O)c1C(CCC(C)C)C(=O)O. The molecule has 0 aliphatic carbocycles. The maximum atomic E-state index is 12.2. The Kier molecular flexibility index (Phi) is 10.3. The predicted molar refractivity (Wildman–Crippen MR) is 114 cm³/mol. The molecule has 2 unspecified atom stereocenters. The lowest BCUT2D eigenvalue weighted by Crippen LogP contribution is -2.21. The van der Waals surface area contributed by atoms with Crippen molar-refractivity contribution >= 4 is 11.9 Å². The third-order valence-electron chi connectivity index (χ3n) is 5.42. The van der Waals surface area contributed by atoms with Gasteiger partial charge in [0.05, 0.1) is 11.8 Å². The zero-order valence-corrected chi connectivity index (χ0v) is 18.2. The minimum atomic E-state index is -0.859. The first-order valence-electron chi connectivity index (χ1n) is 10.8. The van der Waals surface area contributed by atoms with Crippen LogP contribution in [0.15, 0.2) is 18.2 Å². The first kappa shape index (κ1) is 24.2. The summed E-state index contributed by atoms with van der Waals surface area (Å²) in [6, 6.07) is 5.73. The molecule has 1 aromatic rings. The standard InChI is InChI=1S/C24H38O4/c1-6-7-9-18-10-8-11-19(20(23(25)26)14-12-16(2)3)22(18)21(24(27)28)15-13-17(4)5/h8,10-11,16-17,20-21H,6-7,9,12-15H2,1-5H3,(H,25,26)(H,27,28). The fraction of sp³-hybridized carbons (Fsp3) is 0.667. The van der Waals surface area contributed by atoms with Crippen LogP contribution in [0.1, 0.15) is 102 Å². The predicted octanol–water partition coefficient (Wildman–Crippen LogP) is 6.24. The molecule has 1 rings (SSSR count). The maximum Gasteiger partial charge on any atom is 0.310 e. The molecule has 0 bridgehead atoms. The lowest BCUT2D eigenvalue weighted by atomic mass is 9.79. The molecule has 4 nitrogen and oxygen atoms in total. The summed E-state index contributed by atoms with van der Waals surface area (Å²) in [6.07, 6.45) is 5.47. The summed E-state index contributed by atoms with van der Waals surface area (Å²) < 4.78 is 0. The zero-order valence-electron chi connectivity index (χ0n) is 18.2. The van der Waals surface area contributed by atoms with E-state index in [0.29, 0.717) is 30.2 Å². The van der Waals surface area contributed by atoms with Crippen LogP contribution in [-0.2, 0) is 16.0 Å². The summed E-state index contributed by atoms with van der Waals surface area (Å²) in [6.45, 7) is 10.5. The van der Waals surface area contributed by atoms with Gasteiger partial charge in [-0.3, -0.25) is 9.59 Å². The Bertz CT molecular complexity index is 633. The second kappa shape index (κ2) is 11.9. The van der Waals surface area contributed by atoms with E-state index in [0.717, 1.165) is 43.2 Å². The molecular weight excluding hydrogens is 352 g/mol. The molecule has 28 heavy (non-hydrogen) atoms. The Morgan fingerprint density at radius 2 is 1.39 bits per heavy atom. The number of aryl methyl sites for hydroxylation is 1. The van der Waals surface area contributed by atoms with Crippen molar-refractivity contribution in [3.63, 3.8) is 0 Å². The van der Waals surface area contributed by atoms with Gasteiger partial charge in [-0.25, -0.2) is 0 Å². The van der Waals surface area contributed by atoms with Gasteiger partial charge in [0.15, 0.2) is 0 Å². The topological polar surface area (TPSA) is 74.6 Å². The van der Waals surface area contributed by atoms with E-state index < -0.39 is 23.8 Å². The van der Waals surface area contributed by atoms with Crippen LogP contribution in [0.3, 0.4) is 0 Å². The molecule has 4 heteroatoms. The van der Waals surface area contributed by atoms with Gasteiger partial charge in [0, 0.05) is 0 Å². The molecule has 0 aliphatic heterocycles. The summed E-state index contributed by atoms with van der Waals surface area (Å²) in [4.78, 5) is 24.3. The van der Waals surface area contributed by atoms with Gasteiger partial charge < -0.3 is 10.2 Å². The lowest BCUT2D eigenvalue weighted by molar-refractivity contribution is -0.140. The summed E-state index contributed by atoms with van der Waals surface area (Å²) in [7, 11) is 0. The molecule has 0 aliphatic rings. The van der Waals surface area contributed by atoms with Crippen molar-refractivity contribution in [3.05, 3.63) is 34.9 Å². The van der Waals surface area contributed by atoms with E-state index in [9.17, 15) is 19.8 Å². The largest absolute Gasteiger partial charge is 0.481 e. The van der Waals surface area contributed by atoms with Gasteiger partial charge in [-0.2, -0.15) is 0 Å². The van der Waals surface area contributed by atoms with Crippen LogP contribution in [-0.4, -0.2) is 22.2 Å². The van der Waals surface area contributed by atoms with Crippen LogP contribution < -0.4 is 0 Å². The Labute approximate surface area is 170 Å². The van der Waals surface area contributed by atoms with Crippen LogP contribution >= 0.6 is 0 Å². The third-order valence-corrected chi connectivity index (χ3v) is 5.42. The molecule has 0 aromatic heterocycles. The first-order valence-corrected chi connectivity index (χ1v) is 10.8. The fourth-order valence-electron chi connectivity index (χ4n) is 3.75. The van der Waals surface area contributed by atoms with Crippen molar-refractivity contribution in [2.75, 3.05) is 0 Å². The van der Waals surface area contributed by atoms with Gasteiger partial charge in [0.1, 0.15) is 0 Å². The van der Waals surface area contributed by atoms with E-state index in [1.54, 1.807) is 0 Å². The molecule has 0 fully saturated rings. The fourth-order valence-corrected chi connectivity index (χ4v) is 3.75. The molecule has 0 saturated carbocycles. The Morgan fingerprint density at radius 1 is 0.857 bits per heavy atom. The van der Waals surface area contributed by atoms with Gasteiger partial charge in [0.2, 0.25) is 0 Å². The number of carboxylic acid groups (broad SMARTS) is 2. The van der Waals surface area contributed by atoms with E-state index in [1.807, 2.05) is 18.2 Å². The molecule has 2 N–H and O–H groups in total. The van der Waals surface area contributed by atoms with Gasteiger partial charge >= 0.3 is 11.9 Å². The van der Waals surface area contributed by atoms with Crippen molar-refractivity contribution in [1.82, 2.24) is 0 Å².